The zero-order valence-corrected chi connectivity index (χ0v) is 12.2. The van der Waals surface area contributed by atoms with E-state index in [4.69, 9.17) is 11.6 Å². The molecule has 1 aromatic carbocycles. The molecule has 1 rings (SSSR count). The average Bonchev–Trinajstić information content (AvgIpc) is 2.42. The molecule has 7 heteroatoms. The topological polar surface area (TPSA) is 29.1 Å². The molecule has 0 bridgehead atoms. The molecule has 2 nitrogen and oxygen atoms in total. The predicted octanol–water partition coefficient (Wildman–Crippen LogP) is 4.23. The van der Waals surface area contributed by atoms with E-state index in [2.05, 4.69) is 5.32 Å². The summed E-state index contributed by atoms with van der Waals surface area (Å²) in [6, 6.07) is 2.65. The quantitative estimate of drug-likeness (QED) is 0.615. The fraction of sp³-hybridized carbons (Fsp3) is 0.500. The van der Waals surface area contributed by atoms with Gasteiger partial charge in [0.2, 0.25) is 0 Å². The van der Waals surface area contributed by atoms with Crippen molar-refractivity contribution in [1.82, 2.24) is 5.32 Å². The van der Waals surface area contributed by atoms with E-state index in [0.29, 0.717) is 18.4 Å². The van der Waals surface area contributed by atoms with Crippen LogP contribution in [0.5, 0.6) is 0 Å². The SMILES string of the molecule is CCC(CCCl)CNC(=O)c1cccc(C(F)(F)F)c1F. The number of benzene rings is 1. The first-order valence-corrected chi connectivity index (χ1v) is 7.04. The number of halogens is 5. The lowest BCUT2D eigenvalue weighted by Gasteiger charge is -2.15. The molecule has 21 heavy (non-hydrogen) atoms. The molecule has 0 aliphatic carbocycles. The molecule has 0 aromatic heterocycles. The number of hydrogen-bond acceptors (Lipinski definition) is 1. The second kappa shape index (κ2) is 7.64. The average molecular weight is 326 g/mol. The molecule has 1 unspecified atom stereocenters. The van der Waals surface area contributed by atoms with E-state index in [1.807, 2.05) is 6.92 Å². The molecule has 1 aromatic rings. The Morgan fingerprint density at radius 1 is 1.38 bits per heavy atom. The van der Waals surface area contributed by atoms with Crippen molar-refractivity contribution in [2.45, 2.75) is 25.9 Å². The third kappa shape index (κ3) is 4.88. The number of alkyl halides is 4. The monoisotopic (exact) mass is 325 g/mol. The van der Waals surface area contributed by atoms with Gasteiger partial charge in [0.1, 0.15) is 5.82 Å². The summed E-state index contributed by atoms with van der Waals surface area (Å²) >= 11 is 5.61. The number of carbonyl (C=O) groups excluding carboxylic acids is 1. The molecular formula is C14H16ClF4NO. The molecule has 118 valence electrons. The van der Waals surface area contributed by atoms with Crippen LogP contribution >= 0.6 is 11.6 Å². The number of nitrogens with one attached hydrogen (secondary N) is 1. The number of carbonyl (C=O) groups is 1. The maximum atomic E-state index is 13.8. The van der Waals surface area contributed by atoms with Crippen LogP contribution in [0.15, 0.2) is 18.2 Å². The van der Waals surface area contributed by atoms with Gasteiger partial charge in [-0.15, -0.1) is 11.6 Å². The van der Waals surface area contributed by atoms with Crippen molar-refractivity contribution in [3.63, 3.8) is 0 Å². The minimum atomic E-state index is -4.83. The summed E-state index contributed by atoms with van der Waals surface area (Å²) in [5.41, 5.74) is -2.05. The van der Waals surface area contributed by atoms with Crippen molar-refractivity contribution >= 4 is 17.5 Å². The fourth-order valence-electron chi connectivity index (χ4n) is 1.86. The first-order valence-electron chi connectivity index (χ1n) is 6.51. The lowest BCUT2D eigenvalue weighted by atomic mass is 10.0. The molecule has 1 atom stereocenters. The lowest BCUT2D eigenvalue weighted by molar-refractivity contribution is -0.140. The Balaban J connectivity index is 2.84. The Morgan fingerprint density at radius 2 is 2.05 bits per heavy atom. The molecular weight excluding hydrogens is 310 g/mol. The normalized spacial score (nSPS) is 13.0. The molecule has 0 radical (unpaired) electrons. The summed E-state index contributed by atoms with van der Waals surface area (Å²) in [6.07, 6.45) is -3.40. The van der Waals surface area contributed by atoms with Gasteiger partial charge >= 0.3 is 6.18 Å². The van der Waals surface area contributed by atoms with E-state index in [1.165, 1.54) is 0 Å². The summed E-state index contributed by atoms with van der Waals surface area (Å²) in [5, 5.41) is 2.45. The molecule has 0 spiro atoms. The minimum absolute atomic E-state index is 0.111. The predicted molar refractivity (Wildman–Crippen MR) is 72.9 cm³/mol. The van der Waals surface area contributed by atoms with Gasteiger partial charge < -0.3 is 5.32 Å². The Morgan fingerprint density at radius 3 is 2.57 bits per heavy atom. The zero-order valence-electron chi connectivity index (χ0n) is 11.4. The van der Waals surface area contributed by atoms with E-state index in [9.17, 15) is 22.4 Å². The number of hydrogen-bond donors (Lipinski definition) is 1. The highest BCUT2D eigenvalue weighted by atomic mass is 35.5. The van der Waals surface area contributed by atoms with E-state index in [-0.39, 0.29) is 12.5 Å². The van der Waals surface area contributed by atoms with Crippen LogP contribution in [0, 0.1) is 11.7 Å². The molecule has 0 aliphatic heterocycles. The molecule has 0 heterocycles. The summed E-state index contributed by atoms with van der Waals surface area (Å²) in [5.74, 6) is -1.87. The van der Waals surface area contributed by atoms with Gasteiger partial charge in [0.05, 0.1) is 11.1 Å². The van der Waals surface area contributed by atoms with Gasteiger partial charge in [0.15, 0.2) is 0 Å². The molecule has 0 saturated carbocycles. The van der Waals surface area contributed by atoms with E-state index in [0.717, 1.165) is 18.6 Å². The van der Waals surface area contributed by atoms with Crippen molar-refractivity contribution in [2.24, 2.45) is 5.92 Å². The summed E-state index contributed by atoms with van der Waals surface area (Å²) < 4.78 is 51.5. The maximum Gasteiger partial charge on any atom is 0.419 e. The highest BCUT2D eigenvalue weighted by Gasteiger charge is 2.35. The van der Waals surface area contributed by atoms with Crippen LogP contribution in [-0.4, -0.2) is 18.3 Å². The van der Waals surface area contributed by atoms with Gasteiger partial charge in [-0.25, -0.2) is 4.39 Å². The maximum absolute atomic E-state index is 13.8. The van der Waals surface area contributed by atoms with Crippen LogP contribution in [0.3, 0.4) is 0 Å². The smallest absolute Gasteiger partial charge is 0.352 e. The Kier molecular flexibility index (Phi) is 6.45. The van der Waals surface area contributed by atoms with Crippen LogP contribution in [0.1, 0.15) is 35.7 Å². The van der Waals surface area contributed by atoms with Crippen LogP contribution in [0.25, 0.3) is 0 Å². The highest BCUT2D eigenvalue weighted by Crippen LogP contribution is 2.32. The third-order valence-electron chi connectivity index (χ3n) is 3.19. The largest absolute Gasteiger partial charge is 0.419 e. The molecule has 0 fully saturated rings. The Bertz CT molecular complexity index is 490. The van der Waals surface area contributed by atoms with Crippen molar-refractivity contribution in [3.8, 4) is 0 Å². The Labute approximate surface area is 125 Å². The second-order valence-electron chi connectivity index (χ2n) is 4.63. The van der Waals surface area contributed by atoms with E-state index >= 15 is 0 Å². The first-order chi connectivity index (χ1) is 9.81. The van der Waals surface area contributed by atoms with Crippen molar-refractivity contribution in [1.29, 1.82) is 0 Å². The minimum Gasteiger partial charge on any atom is -0.352 e. The van der Waals surface area contributed by atoms with Crippen LogP contribution in [0.2, 0.25) is 0 Å². The van der Waals surface area contributed by atoms with Gasteiger partial charge in [-0.2, -0.15) is 13.2 Å². The third-order valence-corrected chi connectivity index (χ3v) is 3.41. The van der Waals surface area contributed by atoms with Gasteiger partial charge in [0.25, 0.3) is 5.91 Å². The van der Waals surface area contributed by atoms with Gasteiger partial charge in [-0.1, -0.05) is 19.4 Å². The van der Waals surface area contributed by atoms with E-state index in [1.54, 1.807) is 0 Å². The van der Waals surface area contributed by atoms with Gasteiger partial charge in [0, 0.05) is 12.4 Å². The fourth-order valence-corrected chi connectivity index (χ4v) is 2.17. The molecule has 1 amide bonds. The van der Waals surface area contributed by atoms with Crippen LogP contribution in [-0.2, 0) is 6.18 Å². The van der Waals surface area contributed by atoms with Gasteiger partial charge in [-0.05, 0) is 24.5 Å². The Hall–Kier alpha value is -1.30. The summed E-state index contributed by atoms with van der Waals surface area (Å²) in [7, 11) is 0. The number of rotatable bonds is 6. The molecule has 0 saturated heterocycles. The van der Waals surface area contributed by atoms with E-state index < -0.39 is 29.0 Å². The molecule has 0 aliphatic rings. The van der Waals surface area contributed by atoms with Crippen molar-refractivity contribution < 1.29 is 22.4 Å². The zero-order chi connectivity index (χ0) is 16.0. The van der Waals surface area contributed by atoms with Crippen molar-refractivity contribution in [2.75, 3.05) is 12.4 Å². The van der Waals surface area contributed by atoms with Crippen molar-refractivity contribution in [3.05, 3.63) is 35.1 Å². The number of amides is 1. The lowest BCUT2D eigenvalue weighted by Crippen LogP contribution is -2.30. The molecule has 1 N–H and O–H groups in total. The second-order valence-corrected chi connectivity index (χ2v) is 5.00. The van der Waals surface area contributed by atoms with Gasteiger partial charge in [-0.3, -0.25) is 4.79 Å². The highest BCUT2D eigenvalue weighted by molar-refractivity contribution is 6.17. The van der Waals surface area contributed by atoms with Crippen LogP contribution < -0.4 is 5.32 Å². The summed E-state index contributed by atoms with van der Waals surface area (Å²) in [6.45, 7) is 2.16. The summed E-state index contributed by atoms with van der Waals surface area (Å²) in [4.78, 5) is 11.8. The standard InChI is InChI=1S/C14H16ClF4NO/c1-2-9(6-7-15)8-20-13(21)10-4-3-5-11(12(10)16)14(17,18)19/h3-5,9H,2,6-8H2,1H3,(H,20,21). The first kappa shape index (κ1) is 17.8. The van der Waals surface area contributed by atoms with Crippen LogP contribution in [0.4, 0.5) is 17.6 Å².